The highest BCUT2D eigenvalue weighted by Gasteiger charge is 2.28. The van der Waals surface area contributed by atoms with Gasteiger partial charge in [-0.1, -0.05) is 29.8 Å². The monoisotopic (exact) mass is 453 g/mol. The molecule has 0 spiro atoms. The van der Waals surface area contributed by atoms with E-state index in [-0.39, 0.29) is 11.3 Å². The number of hydrazone groups is 1. The van der Waals surface area contributed by atoms with Crippen LogP contribution in [0.25, 0.3) is 0 Å². The summed E-state index contributed by atoms with van der Waals surface area (Å²) in [7, 11) is 0. The van der Waals surface area contributed by atoms with Crippen LogP contribution >= 0.6 is 11.6 Å². The van der Waals surface area contributed by atoms with E-state index in [1.807, 2.05) is 13.0 Å². The van der Waals surface area contributed by atoms with E-state index in [1.54, 1.807) is 25.1 Å². The number of amides is 2. The normalized spacial score (nSPS) is 14.2. The van der Waals surface area contributed by atoms with Crippen molar-refractivity contribution in [1.29, 1.82) is 0 Å². The second kappa shape index (κ2) is 8.96. The third-order valence-electron chi connectivity index (χ3n) is 5.39. The van der Waals surface area contributed by atoms with E-state index in [4.69, 9.17) is 16.0 Å². The average molecular weight is 454 g/mol. The lowest BCUT2D eigenvalue weighted by molar-refractivity contribution is 0.0949. The predicted molar refractivity (Wildman–Crippen MR) is 121 cm³/mol. The second-order valence-corrected chi connectivity index (χ2v) is 8.04. The summed E-state index contributed by atoms with van der Waals surface area (Å²) in [4.78, 5) is 25.2. The van der Waals surface area contributed by atoms with E-state index in [1.165, 1.54) is 18.2 Å². The fourth-order valence-electron chi connectivity index (χ4n) is 3.73. The summed E-state index contributed by atoms with van der Waals surface area (Å²) in [6, 6.07) is 10.9. The van der Waals surface area contributed by atoms with E-state index < -0.39 is 17.6 Å². The van der Waals surface area contributed by atoms with Crippen LogP contribution < -0.4 is 10.7 Å². The Balaban J connectivity index is 1.59. The third-order valence-corrected chi connectivity index (χ3v) is 5.63. The number of benzene rings is 2. The number of hydrogen-bond donors (Lipinski definition) is 2. The van der Waals surface area contributed by atoms with Gasteiger partial charge in [0.2, 0.25) is 0 Å². The number of nitrogens with one attached hydrogen (secondary N) is 2. The highest BCUT2D eigenvalue weighted by atomic mass is 35.5. The van der Waals surface area contributed by atoms with Crippen LogP contribution in [-0.2, 0) is 6.42 Å². The Morgan fingerprint density at radius 2 is 1.88 bits per heavy atom. The highest BCUT2D eigenvalue weighted by molar-refractivity contribution is 6.31. The average Bonchev–Trinajstić information content (AvgIpc) is 3.12. The molecule has 0 bridgehead atoms. The van der Waals surface area contributed by atoms with Crippen molar-refractivity contribution >= 4 is 34.8 Å². The Labute approximate surface area is 189 Å². The van der Waals surface area contributed by atoms with Gasteiger partial charge in [0.25, 0.3) is 11.8 Å². The van der Waals surface area contributed by atoms with Crippen LogP contribution in [0.5, 0.6) is 0 Å². The standard InChI is InChI=1S/C24H21ClFN3O3/c1-13-10-11-15(25)12-19(13)27-24(31)22-14(2)21-18(8-5-9-20(21)32-22)28-29-23(30)16-6-3-4-7-17(16)26/h3-4,6-7,10-12H,5,8-9H2,1-2H3,(H,27,31)(H,29,30)/b28-18+. The molecule has 1 heterocycles. The number of fused-ring (bicyclic) bond motifs is 1. The van der Waals surface area contributed by atoms with Gasteiger partial charge in [-0.2, -0.15) is 5.10 Å². The number of hydrogen-bond acceptors (Lipinski definition) is 4. The first-order valence-corrected chi connectivity index (χ1v) is 10.5. The lowest BCUT2D eigenvalue weighted by atomic mass is 9.93. The molecule has 0 unspecified atom stereocenters. The molecule has 2 amide bonds. The van der Waals surface area contributed by atoms with Gasteiger partial charge in [-0.3, -0.25) is 9.59 Å². The molecule has 0 aliphatic heterocycles. The summed E-state index contributed by atoms with van der Waals surface area (Å²) in [5.74, 6) is -0.829. The summed E-state index contributed by atoms with van der Waals surface area (Å²) >= 11 is 6.05. The van der Waals surface area contributed by atoms with Crippen molar-refractivity contribution in [2.75, 3.05) is 5.32 Å². The second-order valence-electron chi connectivity index (χ2n) is 7.60. The zero-order valence-corrected chi connectivity index (χ0v) is 18.3. The molecule has 8 heteroatoms. The number of furan rings is 1. The summed E-state index contributed by atoms with van der Waals surface area (Å²) in [5.41, 5.74) is 5.74. The van der Waals surface area contributed by atoms with Crippen LogP contribution in [0, 0.1) is 19.7 Å². The van der Waals surface area contributed by atoms with E-state index in [0.29, 0.717) is 46.2 Å². The molecular formula is C24H21ClFN3O3. The molecule has 3 aromatic rings. The fourth-order valence-corrected chi connectivity index (χ4v) is 3.90. The first kappa shape index (κ1) is 21.8. The SMILES string of the molecule is Cc1ccc(Cl)cc1NC(=O)c1oc2c(c1C)/C(=N/NC(=O)c1ccccc1F)CCC2. The Bertz CT molecular complexity index is 1250. The summed E-state index contributed by atoms with van der Waals surface area (Å²) in [6.07, 6.45) is 2.00. The zero-order valence-electron chi connectivity index (χ0n) is 17.6. The molecule has 32 heavy (non-hydrogen) atoms. The van der Waals surface area contributed by atoms with Crippen molar-refractivity contribution in [3.63, 3.8) is 0 Å². The van der Waals surface area contributed by atoms with Gasteiger partial charge in [0.05, 0.1) is 11.3 Å². The van der Waals surface area contributed by atoms with Crippen molar-refractivity contribution in [1.82, 2.24) is 5.43 Å². The molecule has 1 aliphatic carbocycles. The molecule has 0 atom stereocenters. The van der Waals surface area contributed by atoms with Crippen LogP contribution in [0.15, 0.2) is 52.0 Å². The van der Waals surface area contributed by atoms with Crippen LogP contribution in [0.4, 0.5) is 10.1 Å². The number of halogens is 2. The maximum Gasteiger partial charge on any atom is 0.291 e. The minimum absolute atomic E-state index is 0.0891. The zero-order chi connectivity index (χ0) is 22.8. The smallest absolute Gasteiger partial charge is 0.291 e. The molecule has 0 saturated carbocycles. The largest absolute Gasteiger partial charge is 0.455 e. The van der Waals surface area contributed by atoms with Gasteiger partial charge in [-0.05, 0) is 56.5 Å². The van der Waals surface area contributed by atoms with Gasteiger partial charge in [-0.25, -0.2) is 9.82 Å². The third kappa shape index (κ3) is 4.29. The predicted octanol–water partition coefficient (Wildman–Crippen LogP) is 5.41. The molecular weight excluding hydrogens is 433 g/mol. The highest BCUT2D eigenvalue weighted by Crippen LogP contribution is 2.31. The van der Waals surface area contributed by atoms with Crippen molar-refractivity contribution in [3.8, 4) is 0 Å². The molecule has 0 radical (unpaired) electrons. The Hall–Kier alpha value is -3.45. The number of anilines is 1. The lowest BCUT2D eigenvalue weighted by Crippen LogP contribution is -2.23. The van der Waals surface area contributed by atoms with Crippen LogP contribution in [-0.4, -0.2) is 17.5 Å². The minimum atomic E-state index is -0.640. The summed E-state index contributed by atoms with van der Waals surface area (Å²) < 4.78 is 19.7. The Morgan fingerprint density at radius 3 is 2.66 bits per heavy atom. The van der Waals surface area contributed by atoms with Gasteiger partial charge in [0.1, 0.15) is 11.6 Å². The van der Waals surface area contributed by atoms with Crippen LogP contribution in [0.1, 0.15) is 56.2 Å². The number of nitrogens with zero attached hydrogens (tertiary/aromatic N) is 1. The summed E-state index contributed by atoms with van der Waals surface area (Å²) in [5, 5.41) is 7.58. The van der Waals surface area contributed by atoms with E-state index >= 15 is 0 Å². The maximum atomic E-state index is 13.9. The molecule has 1 aliphatic rings. The quantitative estimate of drug-likeness (QED) is 0.518. The van der Waals surface area contributed by atoms with Crippen LogP contribution in [0.3, 0.4) is 0 Å². The van der Waals surface area contributed by atoms with Gasteiger partial charge >= 0.3 is 0 Å². The van der Waals surface area contributed by atoms with Crippen molar-refractivity contribution in [2.45, 2.75) is 33.1 Å². The Morgan fingerprint density at radius 1 is 1.09 bits per heavy atom. The molecule has 0 saturated heterocycles. The van der Waals surface area contributed by atoms with Crippen molar-refractivity contribution in [3.05, 3.63) is 87.1 Å². The van der Waals surface area contributed by atoms with Gasteiger partial charge in [-0.15, -0.1) is 0 Å². The molecule has 4 rings (SSSR count). The van der Waals surface area contributed by atoms with Gasteiger partial charge in [0.15, 0.2) is 5.76 Å². The fraction of sp³-hybridized carbons (Fsp3) is 0.208. The van der Waals surface area contributed by atoms with Crippen molar-refractivity contribution in [2.24, 2.45) is 5.10 Å². The minimum Gasteiger partial charge on any atom is -0.455 e. The van der Waals surface area contributed by atoms with E-state index in [2.05, 4.69) is 15.8 Å². The maximum absolute atomic E-state index is 13.9. The van der Waals surface area contributed by atoms with E-state index in [9.17, 15) is 14.0 Å². The molecule has 2 aromatic carbocycles. The summed E-state index contributed by atoms with van der Waals surface area (Å²) in [6.45, 7) is 3.65. The topological polar surface area (TPSA) is 83.7 Å². The van der Waals surface area contributed by atoms with Gasteiger partial charge < -0.3 is 9.73 Å². The molecule has 1 aromatic heterocycles. The number of aryl methyl sites for hydroxylation is 2. The molecule has 6 nitrogen and oxygen atoms in total. The number of carbonyl (C=O) groups is 2. The molecule has 2 N–H and O–H groups in total. The van der Waals surface area contributed by atoms with Crippen molar-refractivity contribution < 1.29 is 18.4 Å². The first-order chi connectivity index (χ1) is 15.3. The molecule has 0 fully saturated rings. The number of rotatable bonds is 4. The number of carbonyl (C=O) groups excluding carboxylic acids is 2. The van der Waals surface area contributed by atoms with Crippen LogP contribution in [0.2, 0.25) is 5.02 Å². The lowest BCUT2D eigenvalue weighted by Gasteiger charge is -2.13. The Kier molecular flexibility index (Phi) is 6.10. The van der Waals surface area contributed by atoms with Gasteiger partial charge in [0, 0.05) is 28.3 Å². The molecule has 164 valence electrons. The van der Waals surface area contributed by atoms with E-state index in [0.717, 1.165) is 12.0 Å². The first-order valence-electron chi connectivity index (χ1n) is 10.2.